The van der Waals surface area contributed by atoms with E-state index in [0.717, 1.165) is 31.3 Å². The van der Waals surface area contributed by atoms with Crippen molar-refractivity contribution in [2.75, 3.05) is 26.7 Å². The summed E-state index contributed by atoms with van der Waals surface area (Å²) in [5, 5.41) is 3.60. The number of ether oxygens (including phenoxy) is 1. The fraction of sp³-hybridized carbons (Fsp3) is 0.647. The average Bonchev–Trinajstić information content (AvgIpc) is 2.86. The van der Waals surface area contributed by atoms with Crippen molar-refractivity contribution in [2.24, 2.45) is 5.92 Å². The molecule has 1 N–H and O–H groups in total. The largest absolute Gasteiger partial charge is 0.496 e. The van der Waals surface area contributed by atoms with Crippen LogP contribution in [0.1, 0.15) is 32.3 Å². The molecule has 0 aliphatic carbocycles. The predicted octanol–water partition coefficient (Wildman–Crippen LogP) is 2.91. The Morgan fingerprint density at radius 3 is 2.90 bits per heavy atom. The number of methoxy groups -OCH3 is 1. The molecular formula is C17H28N2O. The highest BCUT2D eigenvalue weighted by atomic mass is 16.5. The van der Waals surface area contributed by atoms with Crippen LogP contribution in [0, 0.1) is 5.92 Å². The summed E-state index contributed by atoms with van der Waals surface area (Å²) in [6, 6.07) is 9.03. The molecule has 0 amide bonds. The molecule has 0 bridgehead atoms. The van der Waals surface area contributed by atoms with Gasteiger partial charge in [0.1, 0.15) is 5.75 Å². The van der Waals surface area contributed by atoms with E-state index in [-0.39, 0.29) is 0 Å². The first-order valence-electron chi connectivity index (χ1n) is 7.77. The predicted molar refractivity (Wildman–Crippen MR) is 84.1 cm³/mol. The van der Waals surface area contributed by atoms with Crippen molar-refractivity contribution in [1.82, 2.24) is 10.2 Å². The van der Waals surface area contributed by atoms with Gasteiger partial charge in [-0.3, -0.25) is 4.90 Å². The summed E-state index contributed by atoms with van der Waals surface area (Å²) in [7, 11) is 1.75. The monoisotopic (exact) mass is 276 g/mol. The third-order valence-electron chi connectivity index (χ3n) is 4.00. The number of rotatable bonds is 7. The number of benzene rings is 1. The van der Waals surface area contributed by atoms with Crippen LogP contribution in [0.2, 0.25) is 0 Å². The van der Waals surface area contributed by atoms with Gasteiger partial charge in [0.15, 0.2) is 0 Å². The zero-order chi connectivity index (χ0) is 14.4. The fourth-order valence-corrected chi connectivity index (χ4v) is 2.93. The number of hydrogen-bond acceptors (Lipinski definition) is 3. The highest BCUT2D eigenvalue weighted by molar-refractivity contribution is 5.33. The molecule has 3 heteroatoms. The molecule has 1 saturated heterocycles. The molecule has 2 rings (SSSR count). The Bertz CT molecular complexity index is 406. The van der Waals surface area contributed by atoms with Crippen LogP contribution in [0.25, 0.3) is 0 Å². The summed E-state index contributed by atoms with van der Waals surface area (Å²) in [6.07, 6.45) is 2.61. The van der Waals surface area contributed by atoms with Gasteiger partial charge in [-0.25, -0.2) is 0 Å². The van der Waals surface area contributed by atoms with Crippen LogP contribution in [0.5, 0.6) is 5.75 Å². The normalized spacial score (nSPS) is 19.7. The second kappa shape index (κ2) is 7.65. The highest BCUT2D eigenvalue weighted by Crippen LogP contribution is 2.24. The van der Waals surface area contributed by atoms with Gasteiger partial charge in [-0.1, -0.05) is 32.0 Å². The summed E-state index contributed by atoms with van der Waals surface area (Å²) < 4.78 is 5.46. The molecule has 1 fully saturated rings. The summed E-state index contributed by atoms with van der Waals surface area (Å²) in [5.41, 5.74) is 1.30. The van der Waals surface area contributed by atoms with Crippen molar-refractivity contribution in [3.05, 3.63) is 29.8 Å². The molecule has 1 aliphatic rings. The van der Waals surface area contributed by atoms with E-state index >= 15 is 0 Å². The van der Waals surface area contributed by atoms with Crippen LogP contribution in [-0.2, 0) is 6.54 Å². The Balaban J connectivity index is 1.90. The average molecular weight is 276 g/mol. The van der Waals surface area contributed by atoms with Crippen molar-refractivity contribution in [3.63, 3.8) is 0 Å². The van der Waals surface area contributed by atoms with E-state index in [2.05, 4.69) is 42.3 Å². The Kier molecular flexibility index (Phi) is 5.86. The Morgan fingerprint density at radius 1 is 1.35 bits per heavy atom. The SMILES string of the molecule is COc1ccccc1CN1CCCC1CNCC(C)C. The highest BCUT2D eigenvalue weighted by Gasteiger charge is 2.24. The number of nitrogens with zero attached hydrogens (tertiary/aromatic N) is 1. The Hall–Kier alpha value is -1.06. The topological polar surface area (TPSA) is 24.5 Å². The lowest BCUT2D eigenvalue weighted by Gasteiger charge is -2.26. The number of likely N-dealkylation sites (tertiary alicyclic amines) is 1. The number of nitrogens with one attached hydrogen (secondary N) is 1. The van der Waals surface area contributed by atoms with Crippen LogP contribution >= 0.6 is 0 Å². The van der Waals surface area contributed by atoms with Crippen LogP contribution in [0.4, 0.5) is 0 Å². The maximum Gasteiger partial charge on any atom is 0.123 e. The third kappa shape index (κ3) is 4.22. The molecule has 1 unspecified atom stereocenters. The van der Waals surface area contributed by atoms with Crippen molar-refractivity contribution in [3.8, 4) is 5.75 Å². The maximum atomic E-state index is 5.46. The minimum Gasteiger partial charge on any atom is -0.496 e. The van der Waals surface area contributed by atoms with Crippen molar-refractivity contribution in [1.29, 1.82) is 0 Å². The lowest BCUT2D eigenvalue weighted by Crippen LogP contribution is -2.38. The minimum atomic E-state index is 0.665. The molecule has 0 radical (unpaired) electrons. The molecule has 1 atom stereocenters. The van der Waals surface area contributed by atoms with Gasteiger partial charge in [-0.15, -0.1) is 0 Å². The van der Waals surface area contributed by atoms with E-state index in [1.165, 1.54) is 24.9 Å². The molecule has 20 heavy (non-hydrogen) atoms. The third-order valence-corrected chi connectivity index (χ3v) is 4.00. The second-order valence-electron chi connectivity index (χ2n) is 6.13. The van der Waals surface area contributed by atoms with Gasteiger partial charge < -0.3 is 10.1 Å². The number of hydrogen-bond donors (Lipinski definition) is 1. The van der Waals surface area contributed by atoms with Gasteiger partial charge in [-0.2, -0.15) is 0 Å². The molecule has 1 aromatic carbocycles. The maximum absolute atomic E-state index is 5.46. The summed E-state index contributed by atoms with van der Waals surface area (Å²) in [6.45, 7) is 8.93. The van der Waals surface area contributed by atoms with Gasteiger partial charge in [0.25, 0.3) is 0 Å². The van der Waals surface area contributed by atoms with E-state index in [0.29, 0.717) is 6.04 Å². The van der Waals surface area contributed by atoms with E-state index < -0.39 is 0 Å². The first-order valence-corrected chi connectivity index (χ1v) is 7.77. The molecule has 1 aliphatic heterocycles. The van der Waals surface area contributed by atoms with Gasteiger partial charge >= 0.3 is 0 Å². The summed E-state index contributed by atoms with van der Waals surface area (Å²) in [4.78, 5) is 2.59. The smallest absolute Gasteiger partial charge is 0.123 e. The van der Waals surface area contributed by atoms with Gasteiger partial charge in [-0.05, 0) is 37.9 Å². The molecule has 1 aromatic rings. The molecular weight excluding hydrogens is 248 g/mol. The van der Waals surface area contributed by atoms with Gasteiger partial charge in [0.05, 0.1) is 7.11 Å². The standard InChI is InChI=1S/C17H28N2O/c1-14(2)11-18-12-16-8-6-10-19(16)13-15-7-4-5-9-17(15)20-3/h4-5,7,9,14,16,18H,6,8,10-13H2,1-3H3. The summed E-state index contributed by atoms with van der Waals surface area (Å²) >= 11 is 0. The quantitative estimate of drug-likeness (QED) is 0.829. The molecule has 3 nitrogen and oxygen atoms in total. The first-order chi connectivity index (χ1) is 9.70. The van der Waals surface area contributed by atoms with Gasteiger partial charge in [0.2, 0.25) is 0 Å². The first kappa shape index (κ1) is 15.3. The van der Waals surface area contributed by atoms with E-state index in [1.807, 2.05) is 6.07 Å². The van der Waals surface area contributed by atoms with E-state index in [9.17, 15) is 0 Å². The lowest BCUT2D eigenvalue weighted by molar-refractivity contribution is 0.234. The Labute approximate surface area is 123 Å². The van der Waals surface area contributed by atoms with Crippen molar-refractivity contribution >= 4 is 0 Å². The molecule has 0 aromatic heterocycles. The molecule has 112 valence electrons. The zero-order valence-corrected chi connectivity index (χ0v) is 13.1. The fourth-order valence-electron chi connectivity index (χ4n) is 2.93. The van der Waals surface area contributed by atoms with Crippen LogP contribution in [0.3, 0.4) is 0 Å². The molecule has 0 saturated carbocycles. The second-order valence-corrected chi connectivity index (χ2v) is 6.13. The van der Waals surface area contributed by atoms with Crippen molar-refractivity contribution in [2.45, 2.75) is 39.3 Å². The van der Waals surface area contributed by atoms with E-state index in [4.69, 9.17) is 4.74 Å². The van der Waals surface area contributed by atoms with Gasteiger partial charge in [0, 0.05) is 24.7 Å². The van der Waals surface area contributed by atoms with E-state index in [1.54, 1.807) is 7.11 Å². The minimum absolute atomic E-state index is 0.665. The lowest BCUT2D eigenvalue weighted by atomic mass is 10.1. The van der Waals surface area contributed by atoms with Crippen LogP contribution < -0.4 is 10.1 Å². The zero-order valence-electron chi connectivity index (χ0n) is 13.1. The van der Waals surface area contributed by atoms with Crippen molar-refractivity contribution < 1.29 is 4.74 Å². The number of para-hydroxylation sites is 1. The van der Waals surface area contributed by atoms with Crippen LogP contribution in [-0.4, -0.2) is 37.7 Å². The molecule has 1 heterocycles. The van der Waals surface area contributed by atoms with Crippen LogP contribution in [0.15, 0.2) is 24.3 Å². The molecule has 0 spiro atoms. The summed E-state index contributed by atoms with van der Waals surface area (Å²) in [5.74, 6) is 1.73. The Morgan fingerprint density at radius 2 is 2.15 bits per heavy atom.